The van der Waals surface area contributed by atoms with Crippen molar-refractivity contribution in [1.82, 2.24) is 5.32 Å². The van der Waals surface area contributed by atoms with Crippen molar-refractivity contribution in [1.29, 1.82) is 0 Å². The van der Waals surface area contributed by atoms with E-state index in [1.165, 1.54) is 38.1 Å². The summed E-state index contributed by atoms with van der Waals surface area (Å²) in [6.07, 6.45) is 0. The molecule has 0 fully saturated rings. The molecule has 0 aliphatic heterocycles. The molecule has 8 nitrogen and oxygen atoms in total. The molecule has 28 heavy (non-hydrogen) atoms. The van der Waals surface area contributed by atoms with E-state index in [0.717, 1.165) is 5.56 Å². The number of hydrogen-bond acceptors (Lipinski definition) is 8. The molecule has 0 amide bonds. The zero-order valence-corrected chi connectivity index (χ0v) is 16.2. The van der Waals surface area contributed by atoms with Crippen LogP contribution in [0.15, 0.2) is 54.6 Å². The van der Waals surface area contributed by atoms with E-state index >= 15 is 0 Å². The highest BCUT2D eigenvalue weighted by Crippen LogP contribution is 2.31. The van der Waals surface area contributed by atoms with Crippen LogP contribution < -0.4 is 5.32 Å². The number of thioether (sulfide) groups is 1. The highest BCUT2D eigenvalue weighted by Gasteiger charge is 2.31. The van der Waals surface area contributed by atoms with Crippen molar-refractivity contribution in [3.63, 3.8) is 0 Å². The van der Waals surface area contributed by atoms with E-state index in [4.69, 9.17) is 0 Å². The largest absolute Gasteiger partial charge is 0.467 e. The fourth-order valence-electron chi connectivity index (χ4n) is 2.38. The second-order valence-electron chi connectivity index (χ2n) is 5.67. The van der Waals surface area contributed by atoms with Crippen LogP contribution in [0.25, 0.3) is 0 Å². The van der Waals surface area contributed by atoms with Crippen LogP contribution in [0.1, 0.15) is 16.5 Å². The van der Waals surface area contributed by atoms with Crippen molar-refractivity contribution >= 4 is 29.4 Å². The molecule has 1 unspecified atom stereocenters. The molecule has 2 aromatic rings. The Kier molecular flexibility index (Phi) is 7.97. The first-order valence-electron chi connectivity index (χ1n) is 8.28. The summed E-state index contributed by atoms with van der Waals surface area (Å²) in [6.45, 7) is 0. The van der Waals surface area contributed by atoms with Gasteiger partial charge in [-0.3, -0.25) is 15.4 Å². The molecule has 9 heteroatoms. The molecule has 0 heterocycles. The van der Waals surface area contributed by atoms with E-state index in [2.05, 4.69) is 14.8 Å². The number of carbonyl (C=O) groups is 2. The average molecular weight is 404 g/mol. The van der Waals surface area contributed by atoms with Gasteiger partial charge in [0.2, 0.25) is 6.04 Å². The van der Waals surface area contributed by atoms with Gasteiger partial charge in [0.05, 0.1) is 24.5 Å². The van der Waals surface area contributed by atoms with Crippen molar-refractivity contribution in [2.24, 2.45) is 0 Å². The fraction of sp³-hybridized carbons (Fsp3) is 0.263. The normalized spacial score (nSPS) is 11.7. The van der Waals surface area contributed by atoms with Crippen molar-refractivity contribution in [3.8, 4) is 0 Å². The van der Waals surface area contributed by atoms with Gasteiger partial charge in [-0.25, -0.2) is 9.59 Å². The second kappa shape index (κ2) is 10.4. The molecule has 2 rings (SSSR count). The molecular formula is C19H20N2O6S. The van der Waals surface area contributed by atoms with Crippen molar-refractivity contribution < 1.29 is 24.0 Å². The number of carbonyl (C=O) groups excluding carboxylic acids is 2. The van der Waals surface area contributed by atoms with Crippen LogP contribution in [0.4, 0.5) is 5.69 Å². The lowest BCUT2D eigenvalue weighted by molar-refractivity contribution is -0.384. The molecule has 0 aliphatic rings. The number of nitro groups is 1. The number of benzene rings is 2. The maximum atomic E-state index is 12.0. The summed E-state index contributed by atoms with van der Waals surface area (Å²) < 4.78 is 9.37. The molecular weight excluding hydrogens is 384 g/mol. The van der Waals surface area contributed by atoms with Crippen LogP contribution in [0.5, 0.6) is 0 Å². The lowest BCUT2D eigenvalue weighted by Gasteiger charge is -2.23. The van der Waals surface area contributed by atoms with Crippen molar-refractivity contribution in [3.05, 3.63) is 75.8 Å². The Balaban J connectivity index is 2.26. The summed E-state index contributed by atoms with van der Waals surface area (Å²) in [5, 5.41) is 13.3. The van der Waals surface area contributed by atoms with E-state index in [-0.39, 0.29) is 5.69 Å². The van der Waals surface area contributed by atoms with E-state index in [9.17, 15) is 19.7 Å². The zero-order valence-electron chi connectivity index (χ0n) is 15.4. The van der Waals surface area contributed by atoms with Crippen LogP contribution in [-0.4, -0.2) is 37.1 Å². The van der Waals surface area contributed by atoms with Crippen molar-refractivity contribution in [2.75, 3.05) is 14.2 Å². The second-order valence-corrected chi connectivity index (χ2v) is 6.76. The highest BCUT2D eigenvalue weighted by molar-refractivity contribution is 7.98. The summed E-state index contributed by atoms with van der Waals surface area (Å²) in [5.41, 5.74) is 1.67. The van der Waals surface area contributed by atoms with Gasteiger partial charge in [-0.15, -0.1) is 11.8 Å². The fourth-order valence-corrected chi connectivity index (χ4v) is 3.52. The van der Waals surface area contributed by atoms with Gasteiger partial charge in [-0.1, -0.05) is 30.3 Å². The Morgan fingerprint density at radius 3 is 2.11 bits per heavy atom. The quantitative estimate of drug-likeness (QED) is 0.223. The standard InChI is InChI=1S/C19H20N2O6S/c1-26-18(22)16(19(23)27-2)20-17(28-12-13-6-4-3-5-7-13)14-8-10-15(11-9-14)21(24)25/h3-11,16-17,20H,12H2,1-2H3. The Labute approximate surface area is 166 Å². The molecule has 0 aromatic heterocycles. The predicted octanol–water partition coefficient (Wildman–Crippen LogP) is 2.83. The Morgan fingerprint density at radius 2 is 1.61 bits per heavy atom. The summed E-state index contributed by atoms with van der Waals surface area (Å²) in [5.74, 6) is -0.969. The summed E-state index contributed by atoms with van der Waals surface area (Å²) in [6, 6.07) is 14.2. The van der Waals surface area contributed by atoms with Gasteiger partial charge in [0.15, 0.2) is 0 Å². The molecule has 0 bridgehead atoms. The molecule has 0 radical (unpaired) electrons. The maximum Gasteiger partial charge on any atom is 0.334 e. The van der Waals surface area contributed by atoms with Gasteiger partial charge in [0, 0.05) is 17.9 Å². The monoisotopic (exact) mass is 404 g/mol. The number of ether oxygens (including phenoxy) is 2. The molecule has 0 saturated heterocycles. The number of methoxy groups -OCH3 is 2. The minimum absolute atomic E-state index is 0.0481. The summed E-state index contributed by atoms with van der Waals surface area (Å²) in [4.78, 5) is 34.4. The SMILES string of the molecule is COC(=O)C(NC(SCc1ccccc1)c1ccc([N+](=O)[O-])cc1)C(=O)OC. The minimum atomic E-state index is -1.32. The number of nitrogens with one attached hydrogen (secondary N) is 1. The summed E-state index contributed by atoms with van der Waals surface area (Å²) in [7, 11) is 2.36. The number of nitrogens with zero attached hydrogens (tertiary/aromatic N) is 1. The van der Waals surface area contributed by atoms with Gasteiger partial charge in [-0.2, -0.15) is 0 Å². The van der Waals surface area contributed by atoms with E-state index < -0.39 is 28.3 Å². The first kappa shape index (κ1) is 21.4. The number of rotatable bonds is 9. The third-order valence-corrected chi connectivity index (χ3v) is 5.10. The third kappa shape index (κ3) is 5.80. The average Bonchev–Trinajstić information content (AvgIpc) is 2.73. The Bertz CT molecular complexity index is 797. The molecule has 0 aliphatic carbocycles. The van der Waals surface area contributed by atoms with E-state index in [1.54, 1.807) is 12.1 Å². The van der Waals surface area contributed by atoms with Crippen LogP contribution in [0, 0.1) is 10.1 Å². The van der Waals surface area contributed by atoms with Gasteiger partial charge in [0.1, 0.15) is 0 Å². The van der Waals surface area contributed by atoms with Crippen LogP contribution >= 0.6 is 11.8 Å². The van der Waals surface area contributed by atoms with Crippen LogP contribution in [0.2, 0.25) is 0 Å². The minimum Gasteiger partial charge on any atom is -0.467 e. The lowest BCUT2D eigenvalue weighted by Crippen LogP contribution is -2.45. The van der Waals surface area contributed by atoms with Gasteiger partial charge < -0.3 is 9.47 Å². The van der Waals surface area contributed by atoms with E-state index in [1.807, 2.05) is 30.3 Å². The first-order chi connectivity index (χ1) is 13.5. The number of non-ortho nitro benzene ring substituents is 1. The number of nitro benzene ring substituents is 1. The Hall–Kier alpha value is -2.91. The molecule has 2 aromatic carbocycles. The van der Waals surface area contributed by atoms with Gasteiger partial charge in [0.25, 0.3) is 5.69 Å². The predicted molar refractivity (Wildman–Crippen MR) is 105 cm³/mol. The molecule has 0 spiro atoms. The van der Waals surface area contributed by atoms with Gasteiger partial charge in [-0.05, 0) is 23.3 Å². The molecule has 0 saturated carbocycles. The molecule has 148 valence electrons. The first-order valence-corrected chi connectivity index (χ1v) is 9.32. The maximum absolute atomic E-state index is 12.0. The van der Waals surface area contributed by atoms with Crippen LogP contribution in [0.3, 0.4) is 0 Å². The number of hydrogen-bond donors (Lipinski definition) is 1. The van der Waals surface area contributed by atoms with E-state index in [0.29, 0.717) is 11.3 Å². The van der Waals surface area contributed by atoms with Crippen molar-refractivity contribution in [2.45, 2.75) is 17.2 Å². The van der Waals surface area contributed by atoms with Gasteiger partial charge >= 0.3 is 11.9 Å². The topological polar surface area (TPSA) is 108 Å². The Morgan fingerprint density at radius 1 is 1.04 bits per heavy atom. The molecule has 1 atom stereocenters. The lowest BCUT2D eigenvalue weighted by atomic mass is 10.2. The number of esters is 2. The smallest absolute Gasteiger partial charge is 0.334 e. The zero-order chi connectivity index (χ0) is 20.5. The highest BCUT2D eigenvalue weighted by atomic mass is 32.2. The molecule has 1 N–H and O–H groups in total. The summed E-state index contributed by atoms with van der Waals surface area (Å²) >= 11 is 1.43. The third-order valence-electron chi connectivity index (χ3n) is 3.86. The van der Waals surface area contributed by atoms with Crippen LogP contribution in [-0.2, 0) is 24.8 Å².